The average Bonchev–Trinajstić information content (AvgIpc) is 1.30. The molecule has 17 aromatic carbocycles. The van der Waals surface area contributed by atoms with Crippen molar-refractivity contribution >= 4 is 168 Å². The molecular formula is C134H112N4O10. The number of hydrogen-bond acceptors (Lipinski definition) is 12. The van der Waals surface area contributed by atoms with Crippen LogP contribution in [0.15, 0.2) is 253 Å². The zero-order valence-electron chi connectivity index (χ0n) is 87.0. The predicted octanol–water partition coefficient (Wildman–Crippen LogP) is 35.0. The van der Waals surface area contributed by atoms with Gasteiger partial charge in [-0.05, 0) is 357 Å². The number of carbonyl (C=O) groups is 4. The summed E-state index contributed by atoms with van der Waals surface area (Å²) in [6.45, 7) is 42.4. The van der Waals surface area contributed by atoms with Crippen molar-refractivity contribution in [1.29, 1.82) is 0 Å². The minimum absolute atomic E-state index is 0.136. The van der Waals surface area contributed by atoms with E-state index in [1.54, 1.807) is 36.4 Å². The third-order valence-electron chi connectivity index (χ3n) is 32.4. The Morgan fingerprint density at radius 1 is 0.291 bits per heavy atom. The number of aryl methyl sites for hydroxylation is 2. The number of amides is 4. The number of hydrogen-bond donors (Lipinski definition) is 0. The minimum Gasteiger partial charge on any atom is -0.457 e. The zero-order chi connectivity index (χ0) is 103. The Hall–Kier alpha value is -16.2. The van der Waals surface area contributed by atoms with Crippen LogP contribution >= 0.6 is 0 Å². The van der Waals surface area contributed by atoms with Crippen molar-refractivity contribution in [3.63, 3.8) is 0 Å². The summed E-state index contributed by atoms with van der Waals surface area (Å²) in [5, 5.41) is 12.4. The average molecular weight is 1940 g/mol. The highest BCUT2D eigenvalue weighted by molar-refractivity contribution is 6.46. The molecule has 0 fully saturated rings. The van der Waals surface area contributed by atoms with Gasteiger partial charge >= 0.3 is 0 Å². The molecule has 2 heterocycles. The number of ether oxygens (including phenoxy) is 4. The maximum atomic E-state index is 16.4. The van der Waals surface area contributed by atoms with Gasteiger partial charge in [0.1, 0.15) is 46.0 Å². The standard InChI is InChI=1S/C134H112N4O10/c1-67(2)97-57-83(135-65-139)58-98(68(3)4)125(97)137-127(141)105-61-109(145-85-33-25-79(26-34-85)131(9,10)11)119-93-45-41-89-101-53-75-49-71-21-23-73-51-77-55-103-91-43-47-95-116-96(48-44-92(114(91)116)104(103)56-78(77)52-74(73)24-22-72(71)50-76(75)54-102(101)90-42-46-94(115(93)113(89)90)120-110(62-106(128(137)142)117(105)123(119)120)146-86-35-27-80(28-36-86)132(12,13)14)122-112(148-88-39-31-82(32-40-88)134(18,19)20)64-108-118-107(63-111(121(95)124(118)122)147-87-37-29-81(30-38-87)133(15,16)17)129(143)138(130(108)144)126-99(69(5)6)59-84(136-66-140)60-100(126)70(7)8/h21,23,25-64,67-70,113,115H,22,24H2,1-20H3/b23-21-. The van der Waals surface area contributed by atoms with E-state index in [9.17, 15) is 9.59 Å². The highest BCUT2D eigenvalue weighted by Crippen LogP contribution is 2.67. The van der Waals surface area contributed by atoms with Crippen LogP contribution in [0.3, 0.4) is 0 Å². The first-order valence-corrected chi connectivity index (χ1v) is 51.9. The Bertz CT molecular complexity index is 8970. The molecule has 17 aromatic rings. The number of aliphatic imine (C=N–C) groups is 2. The Morgan fingerprint density at radius 3 is 0.905 bits per heavy atom. The van der Waals surface area contributed by atoms with E-state index in [-0.39, 0.29) is 57.2 Å². The molecule has 0 spiro atoms. The second kappa shape index (κ2) is 33.1. The molecule has 0 aromatic heterocycles. The highest BCUT2D eigenvalue weighted by Gasteiger charge is 2.52. The summed E-state index contributed by atoms with van der Waals surface area (Å²) in [6.07, 6.45) is 18.9. The van der Waals surface area contributed by atoms with Crippen LogP contribution in [-0.4, -0.2) is 35.8 Å². The van der Waals surface area contributed by atoms with E-state index in [4.69, 9.17) is 18.9 Å². The van der Waals surface area contributed by atoms with Gasteiger partial charge in [-0.15, -0.1) is 0 Å². The fourth-order valence-corrected chi connectivity index (χ4v) is 24.9. The molecule has 0 saturated heterocycles. The first kappa shape index (κ1) is 92.9. The van der Waals surface area contributed by atoms with Crippen molar-refractivity contribution in [3.8, 4) is 68.2 Å². The van der Waals surface area contributed by atoms with Crippen molar-refractivity contribution in [3.05, 3.63) is 354 Å². The van der Waals surface area contributed by atoms with Crippen LogP contribution in [0.5, 0.6) is 46.0 Å². The fraction of sp³-hybridized carbons (Fsp3) is 0.239. The molecule has 0 saturated carbocycles. The van der Waals surface area contributed by atoms with Crippen LogP contribution in [0.2, 0.25) is 0 Å². The van der Waals surface area contributed by atoms with Crippen LogP contribution in [0.25, 0.3) is 132 Å². The number of imide groups is 2. The lowest BCUT2D eigenvalue weighted by Crippen LogP contribution is -2.42. The van der Waals surface area contributed by atoms with Crippen molar-refractivity contribution in [1.82, 2.24) is 0 Å². The van der Waals surface area contributed by atoms with Crippen LogP contribution < -0.4 is 28.7 Å². The molecule has 6 aliphatic carbocycles. The molecule has 2 unspecified atom stereocenters. The number of anilines is 2. The van der Waals surface area contributed by atoms with Crippen molar-refractivity contribution in [2.45, 2.75) is 197 Å². The molecule has 14 heteroatoms. The predicted molar refractivity (Wildman–Crippen MR) is 601 cm³/mol. The third-order valence-corrected chi connectivity index (χ3v) is 32.4. The van der Waals surface area contributed by atoms with E-state index in [0.29, 0.717) is 135 Å². The molecule has 2 atom stereocenters. The molecule has 14 nitrogen and oxygen atoms in total. The quantitative estimate of drug-likeness (QED) is 0.0298. The van der Waals surface area contributed by atoms with Crippen LogP contribution in [0.4, 0.5) is 22.7 Å². The second-order valence-corrected chi connectivity index (χ2v) is 47.0. The molecule has 0 N–H and O–H groups in total. The number of fused-ring (bicyclic) bond motifs is 14. The van der Waals surface area contributed by atoms with Gasteiger partial charge in [0.25, 0.3) is 23.6 Å². The van der Waals surface area contributed by atoms with Crippen molar-refractivity contribution < 1.29 is 47.7 Å². The van der Waals surface area contributed by atoms with Crippen LogP contribution in [-0.2, 0) is 44.1 Å². The third kappa shape index (κ3) is 14.3. The van der Waals surface area contributed by atoms with Gasteiger partial charge in [0.2, 0.25) is 12.2 Å². The maximum absolute atomic E-state index is 16.4. The SMILES string of the molecule is CC(C)c1cc(N=C=O)cc(C(C)C)c1N1C(=O)c2cc(Oc3ccc(C(C)(C)C)cc3)c3c4c(c(Oc5ccc(C(C)(C)C)cc5)cc(c24)C1=O)C1=CC=C2c4cc5cc6c(cc5cc4C4=CC=C3C1C42)/C=C\c1cc2cc3c(cc2cc1CC6)-c1ccc2c4c(Oc5ccc(C(C)(C)C)cc5)cc5c6c(cc(Oc7ccc(C(C)(C)C)cc7)c(c7ccc-3c1c72)c64)C(=O)N(c1c(C(C)C)cc(N=C=O)cc1C(C)C)C5=O. The summed E-state index contributed by atoms with van der Waals surface area (Å²) in [5.74, 6) is 1.03. The van der Waals surface area contributed by atoms with E-state index >= 15 is 19.2 Å². The first-order valence-electron chi connectivity index (χ1n) is 51.9. The summed E-state index contributed by atoms with van der Waals surface area (Å²) < 4.78 is 29.5. The number of isocyanates is 2. The summed E-state index contributed by atoms with van der Waals surface area (Å²) in [7, 11) is 0. The zero-order valence-corrected chi connectivity index (χ0v) is 87.0. The van der Waals surface area contributed by atoms with Crippen LogP contribution in [0.1, 0.15) is 293 Å². The van der Waals surface area contributed by atoms with E-state index in [0.717, 1.165) is 133 Å². The lowest BCUT2D eigenvalue weighted by Gasteiger charge is -2.42. The number of nitrogens with zero attached hydrogens (tertiary/aromatic N) is 4. The van der Waals surface area contributed by atoms with E-state index in [1.807, 2.05) is 128 Å². The molecule has 728 valence electrons. The summed E-state index contributed by atoms with van der Waals surface area (Å²) in [4.78, 5) is 100. The Labute approximate surface area is 860 Å². The van der Waals surface area contributed by atoms with Gasteiger partial charge in [0.05, 0.1) is 45.0 Å². The lowest BCUT2D eigenvalue weighted by atomic mass is 9.62. The molecule has 8 aliphatic rings. The van der Waals surface area contributed by atoms with Gasteiger partial charge in [-0.1, -0.05) is 260 Å². The van der Waals surface area contributed by atoms with Gasteiger partial charge in [0, 0.05) is 55.3 Å². The van der Waals surface area contributed by atoms with Gasteiger partial charge in [-0.2, -0.15) is 9.98 Å². The number of rotatable bonds is 16. The molecular weight excluding hydrogens is 1830 g/mol. The van der Waals surface area contributed by atoms with Gasteiger partial charge in [-0.25, -0.2) is 19.4 Å². The monoisotopic (exact) mass is 1940 g/mol. The van der Waals surface area contributed by atoms with E-state index in [1.165, 1.54) is 54.3 Å². The smallest absolute Gasteiger partial charge is 0.266 e. The maximum Gasteiger partial charge on any atom is 0.266 e. The lowest BCUT2D eigenvalue weighted by molar-refractivity contribution is 0.0877. The number of benzene rings is 17. The molecule has 4 amide bonds. The molecule has 2 aliphatic heterocycles. The Morgan fingerprint density at radius 2 is 0.581 bits per heavy atom. The summed E-state index contributed by atoms with van der Waals surface area (Å²) >= 11 is 0. The van der Waals surface area contributed by atoms with E-state index < -0.39 is 23.6 Å². The highest BCUT2D eigenvalue weighted by atomic mass is 16.5. The molecule has 0 bridgehead atoms. The van der Waals surface area contributed by atoms with E-state index in [2.05, 4.69) is 251 Å². The Kier molecular flexibility index (Phi) is 20.8. The van der Waals surface area contributed by atoms with Gasteiger partial charge in [-0.3, -0.25) is 19.2 Å². The van der Waals surface area contributed by atoms with Gasteiger partial charge < -0.3 is 18.9 Å². The summed E-state index contributed by atoms with van der Waals surface area (Å²) in [6, 6.07) is 75.7. The van der Waals surface area contributed by atoms with Gasteiger partial charge in [0.15, 0.2) is 0 Å². The molecule has 148 heavy (non-hydrogen) atoms. The van der Waals surface area contributed by atoms with Crippen LogP contribution in [0, 0.1) is 11.8 Å². The topological polar surface area (TPSA) is 171 Å². The minimum atomic E-state index is -0.501. The van der Waals surface area contributed by atoms with Crippen molar-refractivity contribution in [2.75, 3.05) is 9.80 Å². The second-order valence-electron chi connectivity index (χ2n) is 47.0. The number of carbonyl (C=O) groups excluding carboxylic acids is 6. The molecule has 0 radical (unpaired) electrons. The summed E-state index contributed by atoms with van der Waals surface area (Å²) in [5.41, 5.74) is 27.4. The largest absolute Gasteiger partial charge is 0.457 e. The number of allylic oxidation sites excluding steroid dienone is 8. The first-order chi connectivity index (χ1) is 70.7. The Balaban J connectivity index is 0.614. The van der Waals surface area contributed by atoms with Crippen molar-refractivity contribution in [2.24, 2.45) is 21.8 Å². The fourth-order valence-electron chi connectivity index (χ4n) is 24.9. The molecule has 25 rings (SSSR count). The normalized spacial score (nSPS) is 16.0.